The summed E-state index contributed by atoms with van der Waals surface area (Å²) in [6.07, 6.45) is 0.805. The first kappa shape index (κ1) is 13.6. The number of aromatic carboxylic acids is 1. The van der Waals surface area contributed by atoms with E-state index in [0.717, 1.165) is 17.7 Å². The molecule has 0 saturated heterocycles. The summed E-state index contributed by atoms with van der Waals surface area (Å²) >= 11 is 1.21. The smallest absolute Gasteiger partial charge is 0.338 e. The molecule has 0 spiro atoms. The van der Waals surface area contributed by atoms with Crippen molar-refractivity contribution in [2.45, 2.75) is 19.4 Å². The summed E-state index contributed by atoms with van der Waals surface area (Å²) in [5, 5.41) is 13.8. The molecule has 2 aromatic rings. The largest absolute Gasteiger partial charge is 0.478 e. The van der Waals surface area contributed by atoms with Crippen molar-refractivity contribution in [1.82, 2.24) is 0 Å². The molecule has 0 fully saturated rings. The van der Waals surface area contributed by atoms with Crippen LogP contribution in [0.3, 0.4) is 0 Å². The third kappa shape index (κ3) is 2.38. The maximum absolute atomic E-state index is 12.5. The second-order valence-electron chi connectivity index (χ2n) is 4.95. The van der Waals surface area contributed by atoms with E-state index in [2.05, 4.69) is 5.32 Å². The zero-order valence-corrected chi connectivity index (χ0v) is 12.2. The van der Waals surface area contributed by atoms with Crippen LogP contribution >= 0.6 is 11.3 Å². The number of benzene rings is 1. The number of para-hydroxylation sites is 1. The Balaban J connectivity index is 1.86. The van der Waals surface area contributed by atoms with Gasteiger partial charge in [0.1, 0.15) is 5.00 Å². The summed E-state index contributed by atoms with van der Waals surface area (Å²) in [4.78, 5) is 25.3. The van der Waals surface area contributed by atoms with Gasteiger partial charge in [-0.05, 0) is 36.4 Å². The Labute approximate surface area is 125 Å². The van der Waals surface area contributed by atoms with Crippen LogP contribution in [-0.2, 0) is 6.42 Å². The molecule has 5 nitrogen and oxygen atoms in total. The molecule has 1 aromatic carbocycles. The van der Waals surface area contributed by atoms with Gasteiger partial charge in [-0.3, -0.25) is 10.2 Å². The van der Waals surface area contributed by atoms with Gasteiger partial charge in [0.2, 0.25) is 0 Å². The minimum atomic E-state index is -1.04. The Kier molecular flexibility index (Phi) is 3.39. The van der Waals surface area contributed by atoms with E-state index in [1.807, 2.05) is 31.2 Å². The van der Waals surface area contributed by atoms with Gasteiger partial charge < -0.3 is 5.11 Å². The topological polar surface area (TPSA) is 69.6 Å². The van der Waals surface area contributed by atoms with E-state index in [4.69, 9.17) is 5.11 Å². The summed E-state index contributed by atoms with van der Waals surface area (Å²) in [6.45, 7) is 1.98. The molecule has 6 heteroatoms. The van der Waals surface area contributed by atoms with Crippen molar-refractivity contribution in [1.29, 1.82) is 0 Å². The second-order valence-corrected chi connectivity index (χ2v) is 5.87. The number of anilines is 2. The van der Waals surface area contributed by atoms with Crippen molar-refractivity contribution < 1.29 is 14.7 Å². The lowest BCUT2D eigenvalue weighted by Gasteiger charge is -2.22. The number of nitrogens with zero attached hydrogens (tertiary/aromatic N) is 1. The summed E-state index contributed by atoms with van der Waals surface area (Å²) in [5.74, 6) is -1.04. The second kappa shape index (κ2) is 5.21. The molecule has 2 amide bonds. The van der Waals surface area contributed by atoms with Crippen molar-refractivity contribution in [3.63, 3.8) is 0 Å². The lowest BCUT2D eigenvalue weighted by molar-refractivity contribution is 0.0698. The quantitative estimate of drug-likeness (QED) is 0.893. The lowest BCUT2D eigenvalue weighted by atomic mass is 10.1. The van der Waals surface area contributed by atoms with Gasteiger partial charge in [-0.25, -0.2) is 9.59 Å². The number of rotatable bonds is 2. The zero-order valence-electron chi connectivity index (χ0n) is 11.4. The Bertz CT molecular complexity index is 710. The van der Waals surface area contributed by atoms with Gasteiger partial charge in [-0.2, -0.15) is 0 Å². The van der Waals surface area contributed by atoms with Gasteiger partial charge in [0.15, 0.2) is 0 Å². The van der Waals surface area contributed by atoms with Crippen LogP contribution in [-0.4, -0.2) is 23.1 Å². The van der Waals surface area contributed by atoms with E-state index in [9.17, 15) is 9.59 Å². The number of thiophene rings is 1. The highest BCUT2D eigenvalue weighted by Crippen LogP contribution is 2.33. The fourth-order valence-corrected chi connectivity index (χ4v) is 3.38. The van der Waals surface area contributed by atoms with E-state index in [1.54, 1.807) is 10.3 Å². The average molecular weight is 302 g/mol. The molecule has 0 saturated carbocycles. The summed E-state index contributed by atoms with van der Waals surface area (Å²) < 4.78 is 0. The molecule has 1 aromatic heterocycles. The van der Waals surface area contributed by atoms with E-state index >= 15 is 0 Å². The SMILES string of the molecule is CC1Cc2ccccc2N1C(=O)Nc1sccc1C(=O)O. The van der Waals surface area contributed by atoms with Crippen LogP contribution in [0.15, 0.2) is 35.7 Å². The number of hydrogen-bond donors (Lipinski definition) is 2. The lowest BCUT2D eigenvalue weighted by Crippen LogP contribution is -2.39. The van der Waals surface area contributed by atoms with Crippen LogP contribution in [0.2, 0.25) is 0 Å². The molecule has 0 radical (unpaired) electrons. The van der Waals surface area contributed by atoms with E-state index < -0.39 is 5.97 Å². The van der Waals surface area contributed by atoms with E-state index in [1.165, 1.54) is 17.4 Å². The van der Waals surface area contributed by atoms with Crippen LogP contribution in [0.5, 0.6) is 0 Å². The molecular weight excluding hydrogens is 288 g/mol. The molecule has 0 bridgehead atoms. The maximum Gasteiger partial charge on any atom is 0.338 e. The first-order valence-corrected chi connectivity index (χ1v) is 7.45. The fourth-order valence-electron chi connectivity index (χ4n) is 2.61. The van der Waals surface area contributed by atoms with Gasteiger partial charge in [0.25, 0.3) is 0 Å². The highest BCUT2D eigenvalue weighted by molar-refractivity contribution is 7.14. The molecule has 0 aliphatic carbocycles. The van der Waals surface area contributed by atoms with Gasteiger partial charge >= 0.3 is 12.0 Å². The normalized spacial score (nSPS) is 16.6. The minimum Gasteiger partial charge on any atom is -0.478 e. The molecule has 1 unspecified atom stereocenters. The summed E-state index contributed by atoms with van der Waals surface area (Å²) in [5.41, 5.74) is 2.13. The number of carbonyl (C=O) groups is 2. The third-order valence-electron chi connectivity index (χ3n) is 3.54. The third-order valence-corrected chi connectivity index (χ3v) is 4.37. The number of amides is 2. The van der Waals surface area contributed by atoms with Crippen molar-refractivity contribution in [2.24, 2.45) is 0 Å². The predicted octanol–water partition coefficient (Wildman–Crippen LogP) is 3.43. The number of hydrogen-bond acceptors (Lipinski definition) is 3. The van der Waals surface area contributed by atoms with Crippen molar-refractivity contribution >= 4 is 34.0 Å². The van der Waals surface area contributed by atoms with E-state index in [0.29, 0.717) is 5.00 Å². The summed E-state index contributed by atoms with van der Waals surface area (Å²) in [6, 6.07) is 9.01. The standard InChI is InChI=1S/C15H14N2O3S/c1-9-8-10-4-2-3-5-12(10)17(9)15(20)16-13-11(14(18)19)6-7-21-13/h2-7,9H,8H2,1H3,(H,16,20)(H,18,19). The fraction of sp³-hybridized carbons (Fsp3) is 0.200. The number of fused-ring (bicyclic) bond motifs is 1. The molecule has 21 heavy (non-hydrogen) atoms. The first-order chi connectivity index (χ1) is 10.1. The van der Waals surface area contributed by atoms with Crippen LogP contribution < -0.4 is 10.2 Å². The zero-order chi connectivity index (χ0) is 15.0. The number of carboxylic acid groups (broad SMARTS) is 1. The Morgan fingerprint density at radius 1 is 1.33 bits per heavy atom. The van der Waals surface area contributed by atoms with Crippen LogP contribution in [0.25, 0.3) is 0 Å². The molecule has 1 aliphatic rings. The highest BCUT2D eigenvalue weighted by Gasteiger charge is 2.31. The van der Waals surface area contributed by atoms with Gasteiger partial charge in [0.05, 0.1) is 5.56 Å². The Morgan fingerprint density at radius 2 is 2.10 bits per heavy atom. The van der Waals surface area contributed by atoms with Crippen molar-refractivity contribution in [3.05, 3.63) is 46.8 Å². The Hall–Kier alpha value is -2.34. The molecule has 3 rings (SSSR count). The first-order valence-electron chi connectivity index (χ1n) is 6.57. The van der Waals surface area contributed by atoms with Crippen LogP contribution in [0.4, 0.5) is 15.5 Å². The summed E-state index contributed by atoms with van der Waals surface area (Å²) in [7, 11) is 0. The molecule has 2 heterocycles. The van der Waals surface area contributed by atoms with E-state index in [-0.39, 0.29) is 17.6 Å². The molecule has 1 aliphatic heterocycles. The highest BCUT2D eigenvalue weighted by atomic mass is 32.1. The van der Waals surface area contributed by atoms with Gasteiger partial charge in [-0.1, -0.05) is 18.2 Å². The average Bonchev–Trinajstić information content (AvgIpc) is 3.01. The molecule has 1 atom stereocenters. The number of nitrogens with one attached hydrogen (secondary N) is 1. The minimum absolute atomic E-state index is 0.0515. The van der Waals surface area contributed by atoms with Crippen molar-refractivity contribution in [3.8, 4) is 0 Å². The number of urea groups is 1. The predicted molar refractivity (Wildman–Crippen MR) is 82.4 cm³/mol. The number of carbonyl (C=O) groups excluding carboxylic acids is 1. The van der Waals surface area contributed by atoms with Gasteiger partial charge in [0, 0.05) is 11.7 Å². The van der Waals surface area contributed by atoms with Crippen LogP contribution in [0, 0.1) is 0 Å². The van der Waals surface area contributed by atoms with Gasteiger partial charge in [-0.15, -0.1) is 11.3 Å². The molecule has 2 N–H and O–H groups in total. The van der Waals surface area contributed by atoms with Crippen LogP contribution in [0.1, 0.15) is 22.8 Å². The number of carboxylic acids is 1. The monoisotopic (exact) mass is 302 g/mol. The maximum atomic E-state index is 12.5. The molecular formula is C15H14N2O3S. The molecule has 108 valence electrons. The van der Waals surface area contributed by atoms with Crippen molar-refractivity contribution in [2.75, 3.05) is 10.2 Å². The Morgan fingerprint density at radius 3 is 2.86 bits per heavy atom.